The predicted molar refractivity (Wildman–Crippen MR) is 81.9 cm³/mol. The van der Waals surface area contributed by atoms with E-state index in [2.05, 4.69) is 16.8 Å². The first-order chi connectivity index (χ1) is 9.15. The number of rotatable bonds is 2. The lowest BCUT2D eigenvalue weighted by atomic mass is 10.1. The number of carboxylic acids is 1. The van der Waals surface area contributed by atoms with Crippen LogP contribution in [0, 0.1) is 5.92 Å². The third-order valence-corrected chi connectivity index (χ3v) is 3.74. The van der Waals surface area contributed by atoms with Crippen LogP contribution >= 0.6 is 12.4 Å². The third-order valence-electron chi connectivity index (χ3n) is 3.74. The van der Waals surface area contributed by atoms with E-state index < -0.39 is 5.97 Å². The van der Waals surface area contributed by atoms with E-state index in [1.54, 1.807) is 12.3 Å². The molecule has 1 aromatic heterocycles. The number of hydrogen-bond donors (Lipinski definition) is 1. The van der Waals surface area contributed by atoms with Gasteiger partial charge in [-0.2, -0.15) is 0 Å². The maximum Gasteiger partial charge on any atom is 0.336 e. The van der Waals surface area contributed by atoms with E-state index in [-0.39, 0.29) is 12.4 Å². The first-order valence-corrected chi connectivity index (χ1v) is 6.52. The van der Waals surface area contributed by atoms with Gasteiger partial charge in [0, 0.05) is 30.4 Å². The Bertz CT molecular complexity index is 645. The van der Waals surface area contributed by atoms with E-state index >= 15 is 0 Å². The topological polar surface area (TPSA) is 53.4 Å². The maximum atomic E-state index is 11.3. The number of pyridine rings is 1. The van der Waals surface area contributed by atoms with Crippen molar-refractivity contribution >= 4 is 35.0 Å². The number of hydrogen-bond acceptors (Lipinski definition) is 3. The van der Waals surface area contributed by atoms with Crippen LogP contribution in [0.25, 0.3) is 10.9 Å². The Balaban J connectivity index is 0.00000147. The quantitative estimate of drug-likeness (QED) is 0.923. The summed E-state index contributed by atoms with van der Waals surface area (Å²) in [5, 5.41) is 9.95. The van der Waals surface area contributed by atoms with Crippen molar-refractivity contribution < 1.29 is 9.90 Å². The van der Waals surface area contributed by atoms with Crippen LogP contribution in [-0.2, 0) is 0 Å². The van der Waals surface area contributed by atoms with Gasteiger partial charge < -0.3 is 10.0 Å². The lowest BCUT2D eigenvalue weighted by Crippen LogP contribution is -2.18. The molecule has 0 spiro atoms. The third kappa shape index (κ3) is 2.56. The fraction of sp³-hybridized carbons (Fsp3) is 0.333. The molecular weight excluding hydrogens is 276 g/mol. The molecule has 1 atom stereocenters. The number of benzene rings is 1. The summed E-state index contributed by atoms with van der Waals surface area (Å²) < 4.78 is 0. The molecule has 1 aromatic carbocycles. The molecule has 106 valence electrons. The molecule has 1 N–H and O–H groups in total. The molecule has 2 aromatic rings. The summed E-state index contributed by atoms with van der Waals surface area (Å²) in [5.41, 5.74) is 2.14. The summed E-state index contributed by atoms with van der Waals surface area (Å²) in [4.78, 5) is 17.8. The molecule has 1 aliphatic rings. The van der Waals surface area contributed by atoms with Gasteiger partial charge >= 0.3 is 5.97 Å². The molecule has 2 heterocycles. The zero-order chi connectivity index (χ0) is 13.4. The minimum atomic E-state index is -0.903. The highest BCUT2D eigenvalue weighted by molar-refractivity contribution is 6.03. The molecule has 0 aliphatic carbocycles. The van der Waals surface area contributed by atoms with Crippen molar-refractivity contribution in [2.24, 2.45) is 5.92 Å². The Labute approximate surface area is 123 Å². The van der Waals surface area contributed by atoms with Crippen molar-refractivity contribution in [1.29, 1.82) is 0 Å². The normalized spacial score (nSPS) is 18.1. The average molecular weight is 293 g/mol. The Kier molecular flexibility index (Phi) is 4.14. The first-order valence-electron chi connectivity index (χ1n) is 6.52. The second kappa shape index (κ2) is 5.67. The van der Waals surface area contributed by atoms with Crippen molar-refractivity contribution in [3.8, 4) is 0 Å². The fourth-order valence-corrected chi connectivity index (χ4v) is 2.69. The number of aromatic nitrogens is 1. The number of carboxylic acid groups (broad SMARTS) is 1. The van der Waals surface area contributed by atoms with Crippen LogP contribution in [0.4, 0.5) is 5.69 Å². The molecule has 0 bridgehead atoms. The lowest BCUT2D eigenvalue weighted by molar-refractivity contribution is 0.0699. The molecular formula is C15H17ClN2O2. The highest BCUT2D eigenvalue weighted by atomic mass is 35.5. The van der Waals surface area contributed by atoms with Crippen molar-refractivity contribution in [2.75, 3.05) is 18.0 Å². The molecule has 1 fully saturated rings. The summed E-state index contributed by atoms with van der Waals surface area (Å²) in [6, 6.07) is 7.43. The number of anilines is 1. The van der Waals surface area contributed by atoms with Gasteiger partial charge in [-0.3, -0.25) is 4.98 Å². The summed E-state index contributed by atoms with van der Waals surface area (Å²) >= 11 is 0. The van der Waals surface area contributed by atoms with Gasteiger partial charge in [-0.15, -0.1) is 12.4 Å². The Morgan fingerprint density at radius 3 is 2.85 bits per heavy atom. The summed E-state index contributed by atoms with van der Waals surface area (Å²) in [6.45, 7) is 4.31. The Hall–Kier alpha value is -1.81. The van der Waals surface area contributed by atoms with E-state index in [4.69, 9.17) is 0 Å². The van der Waals surface area contributed by atoms with E-state index in [9.17, 15) is 9.90 Å². The smallest absolute Gasteiger partial charge is 0.336 e. The maximum absolute atomic E-state index is 11.3. The lowest BCUT2D eigenvalue weighted by Gasteiger charge is -2.18. The molecule has 20 heavy (non-hydrogen) atoms. The average Bonchev–Trinajstić information content (AvgIpc) is 2.84. The molecule has 0 saturated carbocycles. The molecule has 0 radical (unpaired) electrons. The summed E-state index contributed by atoms with van der Waals surface area (Å²) in [6.07, 6.45) is 2.74. The second-order valence-corrected chi connectivity index (χ2v) is 5.20. The van der Waals surface area contributed by atoms with Crippen LogP contribution in [0.1, 0.15) is 23.7 Å². The van der Waals surface area contributed by atoms with Crippen LogP contribution in [0.15, 0.2) is 30.5 Å². The summed E-state index contributed by atoms with van der Waals surface area (Å²) in [5.74, 6) is -0.206. The van der Waals surface area contributed by atoms with Crippen molar-refractivity contribution in [2.45, 2.75) is 13.3 Å². The van der Waals surface area contributed by atoms with E-state index in [1.807, 2.05) is 18.2 Å². The van der Waals surface area contributed by atoms with Crippen LogP contribution in [0.3, 0.4) is 0 Å². The van der Waals surface area contributed by atoms with E-state index in [0.717, 1.165) is 24.3 Å². The fourth-order valence-electron chi connectivity index (χ4n) is 2.69. The minimum Gasteiger partial charge on any atom is -0.478 e. The van der Waals surface area contributed by atoms with Gasteiger partial charge in [0.25, 0.3) is 0 Å². The number of fused-ring (bicyclic) bond motifs is 1. The Morgan fingerprint density at radius 2 is 2.20 bits per heavy atom. The van der Waals surface area contributed by atoms with Gasteiger partial charge in [0.1, 0.15) is 0 Å². The van der Waals surface area contributed by atoms with Crippen LogP contribution in [0.2, 0.25) is 0 Å². The van der Waals surface area contributed by atoms with E-state index in [1.165, 1.54) is 6.42 Å². The number of nitrogens with zero attached hydrogens (tertiary/aromatic N) is 2. The molecule has 3 rings (SSSR count). The van der Waals surface area contributed by atoms with Crippen LogP contribution < -0.4 is 4.90 Å². The summed E-state index contributed by atoms with van der Waals surface area (Å²) in [7, 11) is 0. The number of carbonyl (C=O) groups is 1. The zero-order valence-corrected chi connectivity index (χ0v) is 12.1. The minimum absolute atomic E-state index is 0. The zero-order valence-electron chi connectivity index (χ0n) is 11.2. The highest BCUT2D eigenvalue weighted by Gasteiger charge is 2.19. The predicted octanol–water partition coefficient (Wildman–Crippen LogP) is 3.20. The van der Waals surface area contributed by atoms with Crippen LogP contribution in [-0.4, -0.2) is 29.1 Å². The largest absolute Gasteiger partial charge is 0.478 e. The van der Waals surface area contributed by atoms with Crippen LogP contribution in [0.5, 0.6) is 0 Å². The molecule has 1 aliphatic heterocycles. The van der Waals surface area contributed by atoms with Gasteiger partial charge in [-0.25, -0.2) is 4.79 Å². The molecule has 5 heteroatoms. The van der Waals surface area contributed by atoms with Gasteiger partial charge in [0.15, 0.2) is 0 Å². The molecule has 0 unspecified atom stereocenters. The van der Waals surface area contributed by atoms with Gasteiger partial charge in [-0.1, -0.05) is 6.92 Å². The standard InChI is InChI=1S/C15H16N2O2.ClH/c1-10-5-7-17(9-10)11-2-3-14-13(8-11)12(15(18)19)4-6-16-14;/h2-4,6,8,10H,5,7,9H2,1H3,(H,18,19);1H/t10-;/m0./s1. The van der Waals surface area contributed by atoms with Crippen molar-refractivity contribution in [3.63, 3.8) is 0 Å². The van der Waals surface area contributed by atoms with Crippen molar-refractivity contribution in [3.05, 3.63) is 36.0 Å². The number of aromatic carboxylic acids is 1. The second-order valence-electron chi connectivity index (χ2n) is 5.20. The van der Waals surface area contributed by atoms with Gasteiger partial charge in [0.05, 0.1) is 11.1 Å². The van der Waals surface area contributed by atoms with E-state index in [0.29, 0.717) is 16.9 Å². The van der Waals surface area contributed by atoms with Gasteiger partial charge in [0.2, 0.25) is 0 Å². The molecule has 0 amide bonds. The first kappa shape index (κ1) is 14.6. The highest BCUT2D eigenvalue weighted by Crippen LogP contribution is 2.27. The Morgan fingerprint density at radius 1 is 1.40 bits per heavy atom. The van der Waals surface area contributed by atoms with Gasteiger partial charge in [-0.05, 0) is 36.6 Å². The SMILES string of the molecule is C[C@H]1CCN(c2ccc3nccc(C(=O)O)c3c2)C1.Cl. The van der Waals surface area contributed by atoms with Crippen molar-refractivity contribution in [1.82, 2.24) is 4.98 Å². The molecule has 4 nitrogen and oxygen atoms in total. The monoisotopic (exact) mass is 292 g/mol. The number of halogens is 1. The molecule has 1 saturated heterocycles.